The second-order valence-electron chi connectivity index (χ2n) is 7.02. The third-order valence-electron chi connectivity index (χ3n) is 4.41. The first-order valence-corrected chi connectivity index (χ1v) is 12.5. The van der Waals surface area contributed by atoms with Crippen molar-refractivity contribution in [2.75, 3.05) is 10.5 Å². The van der Waals surface area contributed by atoms with Crippen LogP contribution in [0.4, 0.5) is 5.82 Å². The van der Waals surface area contributed by atoms with Crippen molar-refractivity contribution in [2.45, 2.75) is 13.8 Å². The molecule has 0 saturated carbocycles. The van der Waals surface area contributed by atoms with Crippen molar-refractivity contribution in [2.24, 2.45) is 0 Å². The first kappa shape index (κ1) is 25.6. The molecule has 0 aliphatic heterocycles. The number of ketones is 1. The third-order valence-corrected chi connectivity index (χ3v) is 6.66. The summed E-state index contributed by atoms with van der Waals surface area (Å²) in [6.07, 6.45) is 11.3. The van der Waals surface area contributed by atoms with Crippen molar-refractivity contribution in [3.63, 3.8) is 0 Å². The summed E-state index contributed by atoms with van der Waals surface area (Å²) < 4.78 is 33.5. The van der Waals surface area contributed by atoms with E-state index in [9.17, 15) is 18.0 Å². The molecule has 1 N–H and O–H groups in total. The molecule has 3 aromatic rings. The van der Waals surface area contributed by atoms with E-state index >= 15 is 0 Å². The molecule has 0 aromatic carbocycles. The maximum absolute atomic E-state index is 12.8. The van der Waals surface area contributed by atoms with Crippen LogP contribution in [0.2, 0.25) is 0 Å². The Kier molecular flexibility index (Phi) is 8.35. The van der Waals surface area contributed by atoms with Crippen LogP contribution < -0.4 is 9.46 Å². The fourth-order valence-corrected chi connectivity index (χ4v) is 3.99. The first-order chi connectivity index (χ1) is 16.7. The summed E-state index contributed by atoms with van der Waals surface area (Å²) in [6.45, 7) is 2.77. The highest BCUT2D eigenvalue weighted by molar-refractivity contribution is 8.14. The zero-order valence-electron chi connectivity index (χ0n) is 18.8. The molecule has 0 saturated heterocycles. The average Bonchev–Trinajstić information content (AvgIpc) is 2.84. The molecule has 0 bridgehead atoms. The molecule has 3 heterocycles. The van der Waals surface area contributed by atoms with Gasteiger partial charge in [-0.2, -0.15) is 0 Å². The number of rotatable bonds is 9. The van der Waals surface area contributed by atoms with E-state index in [2.05, 4.69) is 25.6 Å². The fourth-order valence-electron chi connectivity index (χ4n) is 2.65. The topological polar surface area (TPSA) is 128 Å². The van der Waals surface area contributed by atoms with Gasteiger partial charge in [0, 0.05) is 36.5 Å². The Bertz CT molecular complexity index is 1410. The van der Waals surface area contributed by atoms with E-state index in [0.29, 0.717) is 11.3 Å². The number of hydrogen-bond acceptors (Lipinski definition) is 9. The molecule has 0 unspecified atom stereocenters. The number of carbonyl (C=O) groups excluding carboxylic acids is 2. The molecule has 35 heavy (non-hydrogen) atoms. The summed E-state index contributed by atoms with van der Waals surface area (Å²) in [6, 6.07) is 9.40. The van der Waals surface area contributed by atoms with E-state index in [1.165, 1.54) is 44.4 Å². The van der Waals surface area contributed by atoms with Crippen molar-refractivity contribution in [1.29, 1.82) is 0 Å². The molecular formula is C24H20N4O5S2. The monoisotopic (exact) mass is 508 g/mol. The number of Topliss-reactive ketones (excluding diaryl/α,β-unsaturated/α-hetero) is 1. The van der Waals surface area contributed by atoms with Crippen molar-refractivity contribution in [1.82, 2.24) is 15.0 Å². The lowest BCUT2D eigenvalue weighted by Gasteiger charge is -2.09. The average molecular weight is 509 g/mol. The molecule has 178 valence electrons. The van der Waals surface area contributed by atoms with Crippen molar-refractivity contribution in [3.8, 4) is 24.0 Å². The number of nitrogens with zero attached hydrogens (tertiary/aromatic N) is 3. The van der Waals surface area contributed by atoms with Gasteiger partial charge in [-0.25, -0.2) is 18.4 Å². The molecule has 11 heteroatoms. The van der Waals surface area contributed by atoms with E-state index in [1.807, 2.05) is 0 Å². The highest BCUT2D eigenvalue weighted by Crippen LogP contribution is 2.22. The van der Waals surface area contributed by atoms with Gasteiger partial charge in [0.05, 0.1) is 16.9 Å². The zero-order chi connectivity index (χ0) is 25.4. The number of terminal acetylenes is 1. The van der Waals surface area contributed by atoms with Gasteiger partial charge in [-0.1, -0.05) is 11.8 Å². The smallest absolute Gasteiger partial charge is 0.258 e. The Balaban J connectivity index is 1.74. The number of hydrogen-bond donors (Lipinski definition) is 1. The van der Waals surface area contributed by atoms with Crippen LogP contribution in [0.25, 0.3) is 6.08 Å². The van der Waals surface area contributed by atoms with Crippen molar-refractivity contribution in [3.05, 3.63) is 76.7 Å². The van der Waals surface area contributed by atoms with E-state index in [-0.39, 0.29) is 44.5 Å². The van der Waals surface area contributed by atoms with Crippen LogP contribution in [0.5, 0.6) is 11.6 Å². The number of allylic oxidation sites excluding steroid dienone is 1. The van der Waals surface area contributed by atoms with E-state index in [4.69, 9.17) is 11.2 Å². The Morgan fingerprint density at radius 2 is 1.97 bits per heavy atom. The maximum Gasteiger partial charge on any atom is 0.258 e. The first-order valence-electron chi connectivity index (χ1n) is 10.1. The van der Waals surface area contributed by atoms with Gasteiger partial charge in [-0.05, 0) is 49.3 Å². The number of ether oxygens (including phenoxy) is 1. The van der Waals surface area contributed by atoms with Crippen LogP contribution >= 0.6 is 11.8 Å². The fraction of sp³-hybridized carbons (Fsp3) is 0.125. The molecule has 0 amide bonds. The number of nitrogens with one attached hydrogen (secondary N) is 1. The molecule has 3 rings (SSSR count). The summed E-state index contributed by atoms with van der Waals surface area (Å²) >= 11 is 0.892. The number of sulfonamides is 1. The molecule has 0 aliphatic carbocycles. The minimum Gasteiger partial charge on any atom is -0.437 e. The zero-order valence-corrected chi connectivity index (χ0v) is 20.4. The van der Waals surface area contributed by atoms with Crippen molar-refractivity contribution >= 4 is 44.6 Å². The summed E-state index contributed by atoms with van der Waals surface area (Å²) in [4.78, 5) is 35.2. The Labute approximate surface area is 207 Å². The Hall–Kier alpha value is -4.01. The highest BCUT2D eigenvalue weighted by atomic mass is 32.2. The second-order valence-corrected chi connectivity index (χ2v) is 10.0. The number of thioether (sulfide) groups is 1. The quantitative estimate of drug-likeness (QED) is 0.338. The van der Waals surface area contributed by atoms with Gasteiger partial charge in [-0.15, -0.1) is 6.42 Å². The summed E-state index contributed by atoms with van der Waals surface area (Å²) in [5.41, 5.74) is 0.878. The minimum atomic E-state index is -3.97. The van der Waals surface area contributed by atoms with E-state index < -0.39 is 10.0 Å². The Morgan fingerprint density at radius 3 is 2.60 bits per heavy atom. The predicted octanol–water partition coefficient (Wildman–Crippen LogP) is 3.91. The molecule has 0 aliphatic rings. The minimum absolute atomic E-state index is 0.0124. The van der Waals surface area contributed by atoms with Gasteiger partial charge in [0.25, 0.3) is 10.0 Å². The van der Waals surface area contributed by atoms with Crippen LogP contribution in [0, 0.1) is 12.3 Å². The molecule has 3 aromatic heterocycles. The van der Waals surface area contributed by atoms with Gasteiger partial charge >= 0.3 is 0 Å². The summed E-state index contributed by atoms with van der Waals surface area (Å²) in [5, 5.41) is -0.170. The standard InChI is InChI=1S/C24H20N4O5S2/c1-4-21-18(8-10-24(27-21)33-20-6-5-11-25-14-20)12-16(2)35(31,32)28-23-9-7-19(13-26-23)22(30)15-34-17(3)29/h1,5-14H,15H2,2-3H3,(H,26,28)/b16-12+. The van der Waals surface area contributed by atoms with Gasteiger partial charge in [0.2, 0.25) is 5.88 Å². The number of pyridine rings is 3. The molecule has 9 nitrogen and oxygen atoms in total. The number of carbonyl (C=O) groups is 2. The largest absolute Gasteiger partial charge is 0.437 e. The molecule has 0 atom stereocenters. The summed E-state index contributed by atoms with van der Waals surface area (Å²) in [5.74, 6) is 2.88. The van der Waals surface area contributed by atoms with Gasteiger partial charge < -0.3 is 4.74 Å². The highest BCUT2D eigenvalue weighted by Gasteiger charge is 2.16. The Morgan fingerprint density at radius 1 is 1.17 bits per heavy atom. The van der Waals surface area contributed by atoms with E-state index in [1.54, 1.807) is 30.5 Å². The predicted molar refractivity (Wildman–Crippen MR) is 134 cm³/mol. The van der Waals surface area contributed by atoms with Gasteiger partial charge in [0.15, 0.2) is 10.9 Å². The second kappa shape index (κ2) is 11.4. The van der Waals surface area contributed by atoms with Crippen LogP contribution in [-0.4, -0.2) is 40.0 Å². The molecule has 0 radical (unpaired) electrons. The molecule has 0 spiro atoms. The lowest BCUT2D eigenvalue weighted by molar-refractivity contribution is -0.109. The van der Waals surface area contributed by atoms with Crippen LogP contribution in [-0.2, 0) is 14.8 Å². The third kappa shape index (κ3) is 7.23. The number of anilines is 1. The van der Waals surface area contributed by atoms with Crippen LogP contribution in [0.1, 0.15) is 35.5 Å². The van der Waals surface area contributed by atoms with E-state index in [0.717, 1.165) is 11.8 Å². The van der Waals surface area contributed by atoms with Gasteiger partial charge in [-0.3, -0.25) is 19.3 Å². The summed E-state index contributed by atoms with van der Waals surface area (Å²) in [7, 11) is -3.97. The lowest BCUT2D eigenvalue weighted by Crippen LogP contribution is -2.15. The normalized spacial score (nSPS) is 11.4. The maximum atomic E-state index is 12.8. The number of aromatic nitrogens is 3. The molecule has 0 fully saturated rings. The lowest BCUT2D eigenvalue weighted by atomic mass is 10.2. The SMILES string of the molecule is C#Cc1nc(Oc2cccnc2)ccc1/C=C(\C)S(=O)(=O)Nc1ccc(C(=O)CSC(C)=O)cn1. The molecular weight excluding hydrogens is 488 g/mol. The van der Waals surface area contributed by atoms with Gasteiger partial charge in [0.1, 0.15) is 17.3 Å². The van der Waals surface area contributed by atoms with Crippen LogP contribution in [0.3, 0.4) is 0 Å². The van der Waals surface area contributed by atoms with Crippen molar-refractivity contribution < 1.29 is 22.7 Å². The van der Waals surface area contributed by atoms with Crippen LogP contribution in [0.15, 0.2) is 59.9 Å².